The molecule has 7 heteroatoms. The number of methoxy groups -OCH3 is 1. The van der Waals surface area contributed by atoms with Gasteiger partial charge in [0.1, 0.15) is 5.75 Å². The van der Waals surface area contributed by atoms with Crippen LogP contribution in [-0.2, 0) is 0 Å². The topological polar surface area (TPSA) is 93.4 Å². The highest BCUT2D eigenvalue weighted by molar-refractivity contribution is 6.03. The highest BCUT2D eigenvalue weighted by Crippen LogP contribution is 2.24. The number of amides is 1. The van der Waals surface area contributed by atoms with Gasteiger partial charge in [0.15, 0.2) is 11.5 Å². The van der Waals surface area contributed by atoms with Crippen LogP contribution in [0.4, 0.5) is 17.2 Å². The minimum Gasteiger partial charge on any atom is -0.495 e. The Balaban J connectivity index is 1.69. The van der Waals surface area contributed by atoms with Gasteiger partial charge in [-0.3, -0.25) is 4.79 Å². The number of aromatic nitrogens is 2. The van der Waals surface area contributed by atoms with Gasteiger partial charge in [0, 0.05) is 18.8 Å². The summed E-state index contributed by atoms with van der Waals surface area (Å²) in [6.07, 6.45) is 2.34. The Morgan fingerprint density at radius 2 is 2.00 bits per heavy atom. The van der Waals surface area contributed by atoms with Crippen LogP contribution in [0.3, 0.4) is 0 Å². The number of carbonyl (C=O) groups excluding carboxylic acids is 1. The molecule has 0 unspecified atom stereocenters. The molecule has 1 fully saturated rings. The van der Waals surface area contributed by atoms with Crippen LogP contribution in [0.5, 0.6) is 5.75 Å². The van der Waals surface area contributed by atoms with Gasteiger partial charge >= 0.3 is 0 Å². The van der Waals surface area contributed by atoms with Crippen LogP contribution in [-0.4, -0.2) is 36.3 Å². The van der Waals surface area contributed by atoms with Crippen molar-refractivity contribution in [2.45, 2.75) is 12.8 Å². The first-order chi connectivity index (χ1) is 11.2. The summed E-state index contributed by atoms with van der Waals surface area (Å²) in [5, 5.41) is 10.9. The smallest absolute Gasteiger partial charge is 0.276 e. The number of anilines is 3. The van der Waals surface area contributed by atoms with Crippen molar-refractivity contribution in [3.05, 3.63) is 36.0 Å². The summed E-state index contributed by atoms with van der Waals surface area (Å²) in [4.78, 5) is 14.4. The second-order valence-corrected chi connectivity index (χ2v) is 5.38. The molecule has 0 aliphatic carbocycles. The Labute approximate surface area is 134 Å². The molecular weight excluding hydrogens is 294 g/mol. The average molecular weight is 313 g/mol. The number of carbonyl (C=O) groups is 1. The van der Waals surface area contributed by atoms with Gasteiger partial charge in [0.25, 0.3) is 5.91 Å². The second kappa shape index (κ2) is 6.51. The molecule has 23 heavy (non-hydrogen) atoms. The van der Waals surface area contributed by atoms with E-state index in [0.717, 1.165) is 18.9 Å². The lowest BCUT2D eigenvalue weighted by Gasteiger charge is -2.15. The fourth-order valence-electron chi connectivity index (χ4n) is 2.57. The quantitative estimate of drug-likeness (QED) is 0.838. The fourth-order valence-corrected chi connectivity index (χ4v) is 2.57. The van der Waals surface area contributed by atoms with Crippen LogP contribution >= 0.6 is 0 Å². The maximum Gasteiger partial charge on any atom is 0.276 e. The highest BCUT2D eigenvalue weighted by atomic mass is 16.5. The van der Waals surface area contributed by atoms with Gasteiger partial charge in [-0.2, -0.15) is 0 Å². The van der Waals surface area contributed by atoms with E-state index in [-0.39, 0.29) is 11.6 Å². The van der Waals surface area contributed by atoms with Crippen molar-refractivity contribution in [2.75, 3.05) is 36.1 Å². The minimum atomic E-state index is -0.324. The summed E-state index contributed by atoms with van der Waals surface area (Å²) in [5.74, 6) is 1.06. The first kappa shape index (κ1) is 15.1. The number of rotatable bonds is 4. The summed E-state index contributed by atoms with van der Waals surface area (Å²) in [7, 11) is 1.54. The standard InChI is InChI=1S/C16H19N5O2/c1-23-14-6-4-11(10-12(14)17)18-16(22)13-5-7-15(20-19-13)21-8-2-3-9-21/h4-7,10H,2-3,8-9,17H2,1H3,(H,18,22). The highest BCUT2D eigenvalue weighted by Gasteiger charge is 2.15. The molecule has 0 radical (unpaired) electrons. The first-order valence-corrected chi connectivity index (χ1v) is 7.51. The van der Waals surface area contributed by atoms with E-state index in [9.17, 15) is 4.79 Å². The van der Waals surface area contributed by atoms with E-state index in [1.807, 2.05) is 6.07 Å². The van der Waals surface area contributed by atoms with E-state index in [1.54, 1.807) is 31.4 Å². The van der Waals surface area contributed by atoms with E-state index in [1.165, 1.54) is 12.8 Å². The molecule has 1 aliphatic heterocycles. The molecule has 1 saturated heterocycles. The van der Waals surface area contributed by atoms with Gasteiger partial charge in [-0.05, 0) is 43.2 Å². The molecule has 1 aliphatic rings. The van der Waals surface area contributed by atoms with E-state index in [0.29, 0.717) is 17.1 Å². The van der Waals surface area contributed by atoms with Gasteiger partial charge in [-0.1, -0.05) is 0 Å². The predicted octanol–water partition coefficient (Wildman–Crippen LogP) is 1.92. The van der Waals surface area contributed by atoms with Crippen LogP contribution in [0.2, 0.25) is 0 Å². The second-order valence-electron chi connectivity index (χ2n) is 5.38. The summed E-state index contributed by atoms with van der Waals surface area (Å²) in [6.45, 7) is 1.98. The third-order valence-electron chi connectivity index (χ3n) is 3.80. The third-order valence-corrected chi connectivity index (χ3v) is 3.80. The summed E-state index contributed by atoms with van der Waals surface area (Å²) in [5.41, 5.74) is 7.13. The zero-order chi connectivity index (χ0) is 16.2. The van der Waals surface area contributed by atoms with Crippen LogP contribution in [0.1, 0.15) is 23.3 Å². The van der Waals surface area contributed by atoms with Crippen molar-refractivity contribution in [1.82, 2.24) is 10.2 Å². The summed E-state index contributed by atoms with van der Waals surface area (Å²) < 4.78 is 5.09. The molecule has 2 aromatic rings. The Morgan fingerprint density at radius 3 is 2.61 bits per heavy atom. The number of nitrogens with zero attached hydrogens (tertiary/aromatic N) is 3. The molecule has 1 amide bonds. The molecule has 120 valence electrons. The van der Waals surface area contributed by atoms with Crippen molar-refractivity contribution in [1.29, 1.82) is 0 Å². The average Bonchev–Trinajstić information content (AvgIpc) is 3.09. The van der Waals surface area contributed by atoms with Gasteiger partial charge in [0.2, 0.25) is 0 Å². The Kier molecular flexibility index (Phi) is 4.27. The number of ether oxygens (including phenoxy) is 1. The summed E-state index contributed by atoms with van der Waals surface area (Å²) in [6, 6.07) is 8.58. The molecule has 0 spiro atoms. The van der Waals surface area contributed by atoms with Crippen molar-refractivity contribution >= 4 is 23.1 Å². The minimum absolute atomic E-state index is 0.266. The third kappa shape index (κ3) is 3.33. The fraction of sp³-hybridized carbons (Fsp3) is 0.312. The Hall–Kier alpha value is -2.83. The van der Waals surface area contributed by atoms with Crippen molar-refractivity contribution in [3.63, 3.8) is 0 Å². The van der Waals surface area contributed by atoms with Gasteiger partial charge in [-0.25, -0.2) is 0 Å². The van der Waals surface area contributed by atoms with Gasteiger partial charge < -0.3 is 20.7 Å². The van der Waals surface area contributed by atoms with Crippen molar-refractivity contribution in [3.8, 4) is 5.75 Å². The zero-order valence-electron chi connectivity index (χ0n) is 13.0. The van der Waals surface area contributed by atoms with E-state index in [4.69, 9.17) is 10.5 Å². The summed E-state index contributed by atoms with van der Waals surface area (Å²) >= 11 is 0. The number of nitrogens with one attached hydrogen (secondary N) is 1. The molecule has 7 nitrogen and oxygen atoms in total. The van der Waals surface area contributed by atoms with E-state index in [2.05, 4.69) is 20.4 Å². The van der Waals surface area contributed by atoms with Gasteiger partial charge in [-0.15, -0.1) is 10.2 Å². The molecule has 3 rings (SSSR count). The SMILES string of the molecule is COc1ccc(NC(=O)c2ccc(N3CCCC3)nn2)cc1N. The molecule has 1 aromatic carbocycles. The van der Waals surface area contributed by atoms with Crippen LogP contribution in [0.15, 0.2) is 30.3 Å². The number of nitrogen functional groups attached to an aromatic ring is 1. The predicted molar refractivity (Wildman–Crippen MR) is 88.8 cm³/mol. The normalized spacial score (nSPS) is 13.9. The first-order valence-electron chi connectivity index (χ1n) is 7.51. The Bertz CT molecular complexity index is 696. The van der Waals surface area contributed by atoms with E-state index < -0.39 is 0 Å². The molecule has 0 atom stereocenters. The molecule has 2 heterocycles. The lowest BCUT2D eigenvalue weighted by atomic mass is 10.2. The number of benzene rings is 1. The maximum absolute atomic E-state index is 12.2. The van der Waals surface area contributed by atoms with Gasteiger partial charge in [0.05, 0.1) is 12.8 Å². The lowest BCUT2D eigenvalue weighted by molar-refractivity contribution is 0.102. The number of hydrogen-bond donors (Lipinski definition) is 2. The number of hydrogen-bond acceptors (Lipinski definition) is 6. The molecule has 0 bridgehead atoms. The molecule has 1 aromatic heterocycles. The zero-order valence-corrected chi connectivity index (χ0v) is 13.0. The molecular formula is C16H19N5O2. The van der Waals surface area contributed by atoms with Crippen LogP contribution in [0.25, 0.3) is 0 Å². The Morgan fingerprint density at radius 1 is 1.22 bits per heavy atom. The van der Waals surface area contributed by atoms with Crippen molar-refractivity contribution in [2.24, 2.45) is 0 Å². The molecule has 3 N–H and O–H groups in total. The van der Waals surface area contributed by atoms with Crippen molar-refractivity contribution < 1.29 is 9.53 Å². The maximum atomic E-state index is 12.2. The van der Waals surface area contributed by atoms with E-state index >= 15 is 0 Å². The van der Waals surface area contributed by atoms with Crippen LogP contribution in [0, 0.1) is 0 Å². The monoisotopic (exact) mass is 313 g/mol. The largest absolute Gasteiger partial charge is 0.495 e. The lowest BCUT2D eigenvalue weighted by Crippen LogP contribution is -2.21. The van der Waals surface area contributed by atoms with Crippen LogP contribution < -0.4 is 20.7 Å². The number of nitrogens with two attached hydrogens (primary N) is 1. The molecule has 0 saturated carbocycles.